The fraction of sp³-hybridized carbons (Fsp3) is 0.429. The molecule has 0 fully saturated rings. The molecule has 0 heterocycles. The number of carbonyl (C=O) groups is 2. The molecule has 0 aliphatic rings. The molecule has 0 amide bonds. The summed E-state index contributed by atoms with van der Waals surface area (Å²) in [5.74, 6) is -0.467. The van der Waals surface area contributed by atoms with Gasteiger partial charge < -0.3 is 4.74 Å². The fourth-order valence-electron chi connectivity index (χ4n) is 1.31. The predicted molar refractivity (Wildman–Crippen MR) is 77.6 cm³/mol. The summed E-state index contributed by atoms with van der Waals surface area (Å²) in [6, 6.07) is 7.30. The van der Waals surface area contributed by atoms with Crippen LogP contribution in [-0.2, 0) is 14.3 Å². The van der Waals surface area contributed by atoms with E-state index in [2.05, 4.69) is 0 Å². The molecule has 0 radical (unpaired) electrons. The van der Waals surface area contributed by atoms with Gasteiger partial charge in [0.15, 0.2) is 5.78 Å². The van der Waals surface area contributed by atoms with Crippen LogP contribution in [0.25, 0.3) is 0 Å². The Kier molecular flexibility index (Phi) is 5.88. The van der Waals surface area contributed by atoms with E-state index in [0.29, 0.717) is 5.02 Å². The van der Waals surface area contributed by atoms with E-state index in [1.54, 1.807) is 26.8 Å². The minimum atomic E-state index is -1.12. The van der Waals surface area contributed by atoms with E-state index in [1.807, 2.05) is 18.2 Å². The van der Waals surface area contributed by atoms with Crippen molar-refractivity contribution < 1.29 is 14.3 Å². The first-order valence-electron chi connectivity index (χ1n) is 5.97. The zero-order valence-electron chi connectivity index (χ0n) is 11.2. The van der Waals surface area contributed by atoms with Gasteiger partial charge in [-0.05, 0) is 32.9 Å². The maximum absolute atomic E-state index is 12.1. The maximum atomic E-state index is 12.1. The second-order valence-corrected chi connectivity index (χ2v) is 5.91. The van der Waals surface area contributed by atoms with E-state index in [4.69, 9.17) is 16.3 Å². The summed E-state index contributed by atoms with van der Waals surface area (Å²) in [4.78, 5) is 24.6. The van der Waals surface area contributed by atoms with Gasteiger partial charge in [0.1, 0.15) is 5.41 Å². The van der Waals surface area contributed by atoms with Crippen molar-refractivity contribution in [2.24, 2.45) is 5.41 Å². The molecule has 1 aromatic carbocycles. The summed E-state index contributed by atoms with van der Waals surface area (Å²) >= 11 is 7.34. The van der Waals surface area contributed by atoms with Gasteiger partial charge in [-0.25, -0.2) is 0 Å². The smallest absolute Gasteiger partial charge is 0.319 e. The highest BCUT2D eigenvalue weighted by molar-refractivity contribution is 8.00. The summed E-state index contributed by atoms with van der Waals surface area (Å²) < 4.78 is 4.91. The normalized spacial score (nSPS) is 11.2. The van der Waals surface area contributed by atoms with Crippen LogP contribution in [0, 0.1) is 5.41 Å². The van der Waals surface area contributed by atoms with Gasteiger partial charge >= 0.3 is 5.97 Å². The van der Waals surface area contributed by atoms with Gasteiger partial charge in [-0.1, -0.05) is 23.7 Å². The Bertz CT molecular complexity index is 472. The Balaban J connectivity index is 2.65. The molecule has 3 nitrogen and oxygen atoms in total. The van der Waals surface area contributed by atoms with Gasteiger partial charge in [-0.3, -0.25) is 9.59 Å². The van der Waals surface area contributed by atoms with E-state index < -0.39 is 11.4 Å². The van der Waals surface area contributed by atoms with Crippen molar-refractivity contribution in [3.8, 4) is 0 Å². The Labute approximate surface area is 122 Å². The van der Waals surface area contributed by atoms with Gasteiger partial charge in [0.25, 0.3) is 0 Å². The molecule has 0 saturated carbocycles. The molecule has 1 rings (SSSR count). The molecule has 0 saturated heterocycles. The molecule has 0 aliphatic carbocycles. The molecule has 0 aliphatic heterocycles. The highest BCUT2D eigenvalue weighted by Gasteiger charge is 2.36. The van der Waals surface area contributed by atoms with Crippen molar-refractivity contribution in [2.75, 3.05) is 12.4 Å². The van der Waals surface area contributed by atoms with Crippen molar-refractivity contribution in [1.82, 2.24) is 0 Å². The third-order valence-electron chi connectivity index (χ3n) is 2.68. The Morgan fingerprint density at radius 2 is 1.95 bits per heavy atom. The van der Waals surface area contributed by atoms with Crippen LogP contribution in [0.15, 0.2) is 29.2 Å². The monoisotopic (exact) mass is 300 g/mol. The van der Waals surface area contributed by atoms with E-state index in [1.165, 1.54) is 11.8 Å². The topological polar surface area (TPSA) is 43.4 Å². The lowest BCUT2D eigenvalue weighted by molar-refractivity contribution is -0.157. The Hall–Kier alpha value is -1.00. The first kappa shape index (κ1) is 16.1. The average Bonchev–Trinajstić information content (AvgIpc) is 2.37. The second kappa shape index (κ2) is 6.96. The molecular formula is C14H17ClO3S. The number of rotatable bonds is 6. The van der Waals surface area contributed by atoms with E-state index in [0.717, 1.165) is 4.90 Å². The molecule has 104 valence electrons. The Morgan fingerprint density at radius 3 is 2.53 bits per heavy atom. The number of esters is 1. The molecule has 0 N–H and O–H groups in total. The second-order valence-electron chi connectivity index (χ2n) is 4.49. The first-order valence-corrected chi connectivity index (χ1v) is 7.33. The van der Waals surface area contributed by atoms with Crippen LogP contribution in [0.3, 0.4) is 0 Å². The number of ketones is 1. The number of halogens is 1. The van der Waals surface area contributed by atoms with Crippen LogP contribution >= 0.6 is 23.4 Å². The van der Waals surface area contributed by atoms with E-state index in [-0.39, 0.29) is 18.1 Å². The van der Waals surface area contributed by atoms with Crippen molar-refractivity contribution in [3.63, 3.8) is 0 Å². The molecule has 1 aromatic rings. The molecule has 0 spiro atoms. The molecule has 0 atom stereocenters. The predicted octanol–water partition coefficient (Wildman–Crippen LogP) is 3.59. The van der Waals surface area contributed by atoms with E-state index in [9.17, 15) is 9.59 Å². The van der Waals surface area contributed by atoms with Crippen molar-refractivity contribution in [1.29, 1.82) is 0 Å². The lowest BCUT2D eigenvalue weighted by Gasteiger charge is -2.20. The number of thioether (sulfide) groups is 1. The molecule has 5 heteroatoms. The van der Waals surface area contributed by atoms with Gasteiger partial charge in [0.05, 0.1) is 17.4 Å². The standard InChI is InChI=1S/C14H17ClO3S/c1-4-18-13(17)14(2,3)12(16)9-19-11-8-6-5-7-10(11)15/h5-8H,4,9H2,1-3H3. The van der Waals surface area contributed by atoms with Gasteiger partial charge in [-0.2, -0.15) is 0 Å². The van der Waals surface area contributed by atoms with E-state index >= 15 is 0 Å². The summed E-state index contributed by atoms with van der Waals surface area (Å²) in [5, 5.41) is 0.606. The zero-order valence-corrected chi connectivity index (χ0v) is 12.8. The lowest BCUT2D eigenvalue weighted by Crippen LogP contribution is -2.36. The minimum Gasteiger partial charge on any atom is -0.465 e. The number of ether oxygens (including phenoxy) is 1. The molecule has 19 heavy (non-hydrogen) atoms. The largest absolute Gasteiger partial charge is 0.465 e. The van der Waals surface area contributed by atoms with Crippen LogP contribution in [-0.4, -0.2) is 24.1 Å². The highest BCUT2D eigenvalue weighted by atomic mass is 35.5. The number of hydrogen-bond donors (Lipinski definition) is 0. The van der Waals surface area contributed by atoms with Crippen molar-refractivity contribution >= 4 is 35.1 Å². The molecule has 0 aromatic heterocycles. The Morgan fingerprint density at radius 1 is 1.32 bits per heavy atom. The summed E-state index contributed by atoms with van der Waals surface area (Å²) in [5.41, 5.74) is -1.12. The summed E-state index contributed by atoms with van der Waals surface area (Å²) in [7, 11) is 0. The molecule has 0 unspecified atom stereocenters. The highest BCUT2D eigenvalue weighted by Crippen LogP contribution is 2.29. The number of benzene rings is 1. The molecule has 0 bridgehead atoms. The van der Waals surface area contributed by atoms with Gasteiger partial charge in [-0.15, -0.1) is 11.8 Å². The summed E-state index contributed by atoms with van der Waals surface area (Å²) in [6.07, 6.45) is 0. The lowest BCUT2D eigenvalue weighted by atomic mass is 9.89. The zero-order chi connectivity index (χ0) is 14.5. The number of carbonyl (C=O) groups excluding carboxylic acids is 2. The average molecular weight is 301 g/mol. The van der Waals surface area contributed by atoms with Crippen LogP contribution < -0.4 is 0 Å². The molecular weight excluding hydrogens is 284 g/mol. The SMILES string of the molecule is CCOC(=O)C(C)(C)C(=O)CSc1ccccc1Cl. The van der Waals surface area contributed by atoms with Crippen molar-refractivity contribution in [3.05, 3.63) is 29.3 Å². The minimum absolute atomic E-state index is 0.170. The fourth-order valence-corrected chi connectivity index (χ4v) is 2.64. The summed E-state index contributed by atoms with van der Waals surface area (Å²) in [6.45, 7) is 5.16. The van der Waals surface area contributed by atoms with Crippen LogP contribution in [0.4, 0.5) is 0 Å². The van der Waals surface area contributed by atoms with Crippen LogP contribution in [0.5, 0.6) is 0 Å². The van der Waals surface area contributed by atoms with Crippen LogP contribution in [0.1, 0.15) is 20.8 Å². The quantitative estimate of drug-likeness (QED) is 0.457. The third-order valence-corrected chi connectivity index (χ3v) is 4.19. The van der Waals surface area contributed by atoms with Gasteiger partial charge in [0.2, 0.25) is 0 Å². The first-order chi connectivity index (χ1) is 8.89. The number of Topliss-reactive ketones (excluding diaryl/α,β-unsaturated/α-hetero) is 1. The van der Waals surface area contributed by atoms with Crippen molar-refractivity contribution in [2.45, 2.75) is 25.7 Å². The third kappa shape index (κ3) is 4.25. The van der Waals surface area contributed by atoms with Crippen LogP contribution in [0.2, 0.25) is 5.02 Å². The maximum Gasteiger partial charge on any atom is 0.319 e. The number of hydrogen-bond acceptors (Lipinski definition) is 4. The van der Waals surface area contributed by atoms with Gasteiger partial charge in [0, 0.05) is 4.90 Å².